The van der Waals surface area contributed by atoms with Gasteiger partial charge >= 0.3 is 0 Å². The van der Waals surface area contributed by atoms with Crippen LogP contribution in [-0.4, -0.2) is 23.1 Å². The summed E-state index contributed by atoms with van der Waals surface area (Å²) in [4.78, 5) is 9.21. The van der Waals surface area contributed by atoms with Gasteiger partial charge in [0.25, 0.3) is 0 Å². The SMILES string of the molecule is COc1cccc(Nc2nc(NC(C)C)c3ccccc3n2)c1. The number of para-hydroxylation sites is 1. The third-order valence-electron chi connectivity index (χ3n) is 3.35. The number of hydrogen-bond acceptors (Lipinski definition) is 5. The molecule has 0 radical (unpaired) electrons. The molecule has 1 aromatic heterocycles. The van der Waals surface area contributed by atoms with Crippen LogP contribution in [0.5, 0.6) is 5.75 Å². The summed E-state index contributed by atoms with van der Waals surface area (Å²) in [6, 6.07) is 16.0. The summed E-state index contributed by atoms with van der Waals surface area (Å²) >= 11 is 0. The van der Waals surface area contributed by atoms with Crippen LogP contribution < -0.4 is 15.4 Å². The number of ether oxygens (including phenoxy) is 1. The van der Waals surface area contributed by atoms with Crippen LogP contribution in [0.3, 0.4) is 0 Å². The molecule has 0 unspecified atom stereocenters. The van der Waals surface area contributed by atoms with E-state index in [0.717, 1.165) is 28.2 Å². The van der Waals surface area contributed by atoms with E-state index in [1.54, 1.807) is 7.11 Å². The zero-order valence-electron chi connectivity index (χ0n) is 13.5. The molecule has 23 heavy (non-hydrogen) atoms. The first-order valence-electron chi connectivity index (χ1n) is 7.60. The van der Waals surface area contributed by atoms with E-state index in [1.807, 2.05) is 48.5 Å². The first kappa shape index (κ1) is 15.1. The van der Waals surface area contributed by atoms with E-state index in [9.17, 15) is 0 Å². The number of nitrogens with zero attached hydrogens (tertiary/aromatic N) is 2. The third-order valence-corrected chi connectivity index (χ3v) is 3.35. The molecular weight excluding hydrogens is 288 g/mol. The predicted octanol–water partition coefficient (Wildman–Crippen LogP) is 4.20. The Morgan fingerprint density at radius 2 is 1.83 bits per heavy atom. The van der Waals surface area contributed by atoms with Gasteiger partial charge in [-0.3, -0.25) is 0 Å². The predicted molar refractivity (Wildman–Crippen MR) is 94.6 cm³/mol. The van der Waals surface area contributed by atoms with Crippen LogP contribution in [0.1, 0.15) is 13.8 Å². The fourth-order valence-corrected chi connectivity index (χ4v) is 2.35. The average Bonchev–Trinajstić information content (AvgIpc) is 2.54. The van der Waals surface area contributed by atoms with Crippen LogP contribution in [0, 0.1) is 0 Å². The molecule has 3 rings (SSSR count). The molecule has 1 heterocycles. The van der Waals surface area contributed by atoms with Gasteiger partial charge in [0.05, 0.1) is 12.6 Å². The first-order valence-corrected chi connectivity index (χ1v) is 7.60. The second kappa shape index (κ2) is 6.52. The smallest absolute Gasteiger partial charge is 0.229 e. The molecule has 0 saturated carbocycles. The first-order chi connectivity index (χ1) is 11.2. The van der Waals surface area contributed by atoms with E-state index in [0.29, 0.717) is 5.95 Å². The lowest BCUT2D eigenvalue weighted by Crippen LogP contribution is -2.12. The topological polar surface area (TPSA) is 59.1 Å². The fourth-order valence-electron chi connectivity index (χ4n) is 2.35. The maximum absolute atomic E-state index is 5.25. The Labute approximate surface area is 135 Å². The molecule has 0 fully saturated rings. The molecule has 0 amide bonds. The van der Waals surface area contributed by atoms with Gasteiger partial charge in [0.15, 0.2) is 0 Å². The van der Waals surface area contributed by atoms with Crippen molar-refractivity contribution in [3.05, 3.63) is 48.5 Å². The minimum Gasteiger partial charge on any atom is -0.497 e. The molecule has 5 heteroatoms. The van der Waals surface area contributed by atoms with Gasteiger partial charge in [-0.15, -0.1) is 0 Å². The van der Waals surface area contributed by atoms with Crippen LogP contribution in [0.15, 0.2) is 48.5 Å². The molecule has 0 bridgehead atoms. The van der Waals surface area contributed by atoms with Crippen molar-refractivity contribution in [1.82, 2.24) is 9.97 Å². The minimum atomic E-state index is 0.290. The molecule has 5 nitrogen and oxygen atoms in total. The van der Waals surface area contributed by atoms with Gasteiger partial charge in [0.2, 0.25) is 5.95 Å². The van der Waals surface area contributed by atoms with Crippen LogP contribution in [0.2, 0.25) is 0 Å². The molecule has 0 spiro atoms. The van der Waals surface area contributed by atoms with E-state index in [4.69, 9.17) is 4.74 Å². The lowest BCUT2D eigenvalue weighted by molar-refractivity contribution is 0.415. The van der Waals surface area contributed by atoms with Crippen molar-refractivity contribution in [1.29, 1.82) is 0 Å². The number of benzene rings is 2. The standard InChI is InChI=1S/C18H20N4O/c1-12(2)19-17-15-9-4-5-10-16(15)21-18(22-17)20-13-7-6-8-14(11-13)23-3/h4-12H,1-3H3,(H2,19,20,21,22). The highest BCUT2D eigenvalue weighted by Gasteiger charge is 2.09. The summed E-state index contributed by atoms with van der Waals surface area (Å²) in [5.41, 5.74) is 1.78. The lowest BCUT2D eigenvalue weighted by Gasteiger charge is -2.14. The molecule has 2 aromatic carbocycles. The van der Waals surface area contributed by atoms with Crippen LogP contribution >= 0.6 is 0 Å². The summed E-state index contributed by atoms with van der Waals surface area (Å²) in [6.45, 7) is 4.18. The Bertz CT molecular complexity index is 817. The van der Waals surface area contributed by atoms with Crippen molar-refractivity contribution < 1.29 is 4.74 Å². The van der Waals surface area contributed by atoms with Gasteiger partial charge in [-0.2, -0.15) is 4.98 Å². The van der Waals surface area contributed by atoms with E-state index in [-0.39, 0.29) is 6.04 Å². The van der Waals surface area contributed by atoms with Crippen LogP contribution in [0.4, 0.5) is 17.5 Å². The van der Waals surface area contributed by atoms with E-state index < -0.39 is 0 Å². The zero-order valence-corrected chi connectivity index (χ0v) is 13.5. The lowest BCUT2D eigenvalue weighted by atomic mass is 10.2. The van der Waals surface area contributed by atoms with E-state index >= 15 is 0 Å². The van der Waals surface area contributed by atoms with Gasteiger partial charge in [0, 0.05) is 23.2 Å². The van der Waals surface area contributed by atoms with Gasteiger partial charge < -0.3 is 15.4 Å². The molecule has 0 aliphatic heterocycles. The molecule has 3 aromatic rings. The normalized spacial score (nSPS) is 10.8. The fraction of sp³-hybridized carbons (Fsp3) is 0.222. The van der Waals surface area contributed by atoms with Crippen LogP contribution in [-0.2, 0) is 0 Å². The van der Waals surface area contributed by atoms with Crippen molar-refractivity contribution in [3.8, 4) is 5.75 Å². The molecule has 2 N–H and O–H groups in total. The molecule has 0 aliphatic rings. The monoisotopic (exact) mass is 308 g/mol. The Morgan fingerprint density at radius 1 is 1.00 bits per heavy atom. The summed E-state index contributed by atoms with van der Waals surface area (Å²) < 4.78 is 5.25. The minimum absolute atomic E-state index is 0.290. The van der Waals surface area contributed by atoms with E-state index in [2.05, 4.69) is 34.4 Å². The van der Waals surface area contributed by atoms with Crippen LogP contribution in [0.25, 0.3) is 10.9 Å². The number of hydrogen-bond donors (Lipinski definition) is 2. The highest BCUT2D eigenvalue weighted by atomic mass is 16.5. The van der Waals surface area contributed by atoms with Crippen molar-refractivity contribution in [2.24, 2.45) is 0 Å². The zero-order chi connectivity index (χ0) is 16.2. The van der Waals surface area contributed by atoms with Crippen molar-refractivity contribution in [3.63, 3.8) is 0 Å². The Kier molecular flexibility index (Phi) is 4.28. The summed E-state index contributed by atoms with van der Waals surface area (Å²) in [7, 11) is 1.65. The van der Waals surface area contributed by atoms with Crippen molar-refractivity contribution in [2.75, 3.05) is 17.7 Å². The largest absolute Gasteiger partial charge is 0.497 e. The number of methoxy groups -OCH3 is 1. The number of anilines is 3. The van der Waals surface area contributed by atoms with Gasteiger partial charge in [-0.1, -0.05) is 18.2 Å². The molecule has 0 atom stereocenters. The quantitative estimate of drug-likeness (QED) is 0.739. The third kappa shape index (κ3) is 3.51. The Morgan fingerprint density at radius 3 is 2.61 bits per heavy atom. The van der Waals surface area contributed by atoms with Gasteiger partial charge in [-0.25, -0.2) is 4.98 Å². The second-order valence-electron chi connectivity index (χ2n) is 5.57. The van der Waals surface area contributed by atoms with Gasteiger partial charge in [-0.05, 0) is 38.1 Å². The molecule has 118 valence electrons. The average molecular weight is 308 g/mol. The highest BCUT2D eigenvalue weighted by molar-refractivity contribution is 5.90. The summed E-state index contributed by atoms with van der Waals surface area (Å²) in [5.74, 6) is 2.17. The van der Waals surface area contributed by atoms with Crippen molar-refractivity contribution in [2.45, 2.75) is 19.9 Å². The number of fused-ring (bicyclic) bond motifs is 1. The maximum atomic E-state index is 5.25. The summed E-state index contributed by atoms with van der Waals surface area (Å²) in [6.07, 6.45) is 0. The maximum Gasteiger partial charge on any atom is 0.229 e. The Hall–Kier alpha value is -2.82. The number of aromatic nitrogens is 2. The Balaban J connectivity index is 2.00. The molecule has 0 saturated heterocycles. The number of nitrogens with one attached hydrogen (secondary N) is 2. The molecular formula is C18H20N4O. The second-order valence-corrected chi connectivity index (χ2v) is 5.57. The summed E-state index contributed by atoms with van der Waals surface area (Å²) in [5, 5.41) is 7.63. The van der Waals surface area contributed by atoms with E-state index in [1.165, 1.54) is 0 Å². The number of rotatable bonds is 5. The van der Waals surface area contributed by atoms with Crippen molar-refractivity contribution >= 4 is 28.4 Å². The molecule has 0 aliphatic carbocycles. The van der Waals surface area contributed by atoms with Gasteiger partial charge in [0.1, 0.15) is 11.6 Å². The highest BCUT2D eigenvalue weighted by Crippen LogP contribution is 2.25.